The molecule has 1 aromatic rings. The molecule has 2 rings (SSSR count). The summed E-state index contributed by atoms with van der Waals surface area (Å²) >= 11 is 0. The number of nitrogens with one attached hydrogen (secondary N) is 1. The van der Waals surface area contributed by atoms with Crippen LogP contribution in [0, 0.1) is 0 Å². The van der Waals surface area contributed by atoms with E-state index < -0.39 is 0 Å². The van der Waals surface area contributed by atoms with Gasteiger partial charge in [-0.2, -0.15) is 0 Å². The monoisotopic (exact) mass is 304 g/mol. The Morgan fingerprint density at radius 3 is 2.32 bits per heavy atom. The van der Waals surface area contributed by atoms with Crippen molar-refractivity contribution < 1.29 is 9.53 Å². The molecule has 4 nitrogen and oxygen atoms in total. The molecule has 4 heteroatoms. The van der Waals surface area contributed by atoms with Crippen LogP contribution in [0.4, 0.5) is 10.5 Å². The lowest BCUT2D eigenvalue weighted by molar-refractivity contribution is 0.111. The first-order valence-electron chi connectivity index (χ1n) is 8.36. The second kappa shape index (κ2) is 7.63. The summed E-state index contributed by atoms with van der Waals surface area (Å²) in [5.74, 6) is 0. The predicted octanol–water partition coefficient (Wildman–Crippen LogP) is 3.63. The van der Waals surface area contributed by atoms with Gasteiger partial charge in [-0.1, -0.05) is 32.9 Å². The highest BCUT2D eigenvalue weighted by atomic mass is 16.5. The number of hydrogen-bond acceptors (Lipinski definition) is 2. The topological polar surface area (TPSA) is 41.6 Å². The van der Waals surface area contributed by atoms with Crippen LogP contribution in [0.1, 0.15) is 43.9 Å². The Balaban J connectivity index is 2.19. The SMILES string of the molecule is CCc1cc(CC)c(NC(=O)N2CC[C@H](OC)C2)c(CC)c1. The van der Waals surface area contributed by atoms with E-state index in [1.165, 1.54) is 16.7 Å². The molecule has 1 saturated heterocycles. The minimum atomic E-state index is -0.00630. The molecule has 0 bridgehead atoms. The largest absolute Gasteiger partial charge is 0.380 e. The summed E-state index contributed by atoms with van der Waals surface area (Å²) in [4.78, 5) is 14.4. The van der Waals surface area contributed by atoms with Crippen LogP contribution in [0.25, 0.3) is 0 Å². The summed E-state index contributed by atoms with van der Waals surface area (Å²) in [6.07, 6.45) is 3.97. The van der Waals surface area contributed by atoms with E-state index in [-0.39, 0.29) is 12.1 Å². The number of benzene rings is 1. The second-order valence-corrected chi connectivity index (χ2v) is 5.87. The predicted molar refractivity (Wildman–Crippen MR) is 90.6 cm³/mol. The highest BCUT2D eigenvalue weighted by Gasteiger charge is 2.26. The molecule has 22 heavy (non-hydrogen) atoms. The van der Waals surface area contributed by atoms with Crippen molar-refractivity contribution in [2.24, 2.45) is 0 Å². The third-order valence-electron chi connectivity index (χ3n) is 4.53. The van der Waals surface area contributed by atoms with Crippen molar-refractivity contribution in [3.8, 4) is 0 Å². The fourth-order valence-corrected chi connectivity index (χ4v) is 3.05. The van der Waals surface area contributed by atoms with E-state index in [9.17, 15) is 4.79 Å². The standard InChI is InChI=1S/C18H28N2O2/c1-5-13-10-14(6-2)17(15(7-3)11-13)19-18(21)20-9-8-16(12-20)22-4/h10-11,16H,5-9,12H2,1-4H3,(H,19,21)/t16-/m0/s1. The van der Waals surface area contributed by atoms with E-state index in [1.807, 2.05) is 4.90 Å². The number of anilines is 1. The fourth-order valence-electron chi connectivity index (χ4n) is 3.05. The van der Waals surface area contributed by atoms with E-state index in [2.05, 4.69) is 38.2 Å². The number of nitrogens with zero attached hydrogens (tertiary/aromatic N) is 1. The summed E-state index contributed by atoms with van der Waals surface area (Å²) in [6, 6.07) is 4.43. The number of aryl methyl sites for hydroxylation is 3. The summed E-state index contributed by atoms with van der Waals surface area (Å²) in [5, 5.41) is 3.15. The number of carbonyl (C=O) groups is 1. The molecule has 1 aromatic carbocycles. The summed E-state index contributed by atoms with van der Waals surface area (Å²) in [6.45, 7) is 7.89. The molecule has 1 fully saturated rings. The lowest BCUT2D eigenvalue weighted by Crippen LogP contribution is -2.34. The molecule has 0 aliphatic carbocycles. The van der Waals surface area contributed by atoms with E-state index in [4.69, 9.17) is 4.74 Å². The molecule has 1 heterocycles. The minimum Gasteiger partial charge on any atom is -0.380 e. The molecule has 1 N–H and O–H groups in total. The minimum absolute atomic E-state index is 0.00630. The van der Waals surface area contributed by atoms with Gasteiger partial charge in [0, 0.05) is 25.9 Å². The van der Waals surface area contributed by atoms with Crippen LogP contribution in [-0.2, 0) is 24.0 Å². The number of ether oxygens (including phenoxy) is 1. The smallest absolute Gasteiger partial charge is 0.321 e. The van der Waals surface area contributed by atoms with E-state index in [0.717, 1.165) is 37.9 Å². The van der Waals surface area contributed by atoms with Gasteiger partial charge in [0.05, 0.1) is 6.10 Å². The molecule has 1 aliphatic heterocycles. The molecule has 122 valence electrons. The van der Waals surface area contributed by atoms with Gasteiger partial charge in [0.1, 0.15) is 0 Å². The number of amides is 2. The maximum absolute atomic E-state index is 12.5. The van der Waals surface area contributed by atoms with Gasteiger partial charge in [-0.05, 0) is 42.4 Å². The van der Waals surface area contributed by atoms with E-state index in [1.54, 1.807) is 7.11 Å². The van der Waals surface area contributed by atoms with Crippen LogP contribution in [0.2, 0.25) is 0 Å². The zero-order valence-electron chi connectivity index (χ0n) is 14.2. The average molecular weight is 304 g/mol. The zero-order chi connectivity index (χ0) is 16.1. The van der Waals surface area contributed by atoms with Crippen molar-refractivity contribution in [1.82, 2.24) is 4.90 Å². The third kappa shape index (κ3) is 3.61. The van der Waals surface area contributed by atoms with Crippen LogP contribution in [-0.4, -0.2) is 37.2 Å². The Hall–Kier alpha value is -1.55. The Morgan fingerprint density at radius 2 is 1.86 bits per heavy atom. The number of carbonyl (C=O) groups excluding carboxylic acids is 1. The van der Waals surface area contributed by atoms with Gasteiger partial charge >= 0.3 is 6.03 Å². The van der Waals surface area contributed by atoms with Gasteiger partial charge in [0.15, 0.2) is 0 Å². The molecule has 1 aliphatic rings. The maximum Gasteiger partial charge on any atom is 0.321 e. The molecular formula is C18H28N2O2. The van der Waals surface area contributed by atoms with Gasteiger partial charge in [0.25, 0.3) is 0 Å². The first-order valence-corrected chi connectivity index (χ1v) is 8.36. The van der Waals surface area contributed by atoms with E-state index >= 15 is 0 Å². The maximum atomic E-state index is 12.5. The average Bonchev–Trinajstić information content (AvgIpc) is 3.03. The van der Waals surface area contributed by atoms with Gasteiger partial charge in [-0.3, -0.25) is 0 Å². The van der Waals surface area contributed by atoms with E-state index in [0.29, 0.717) is 6.54 Å². The molecule has 0 saturated carbocycles. The lowest BCUT2D eigenvalue weighted by Gasteiger charge is -2.21. The van der Waals surface area contributed by atoms with Crippen LogP contribution in [0.15, 0.2) is 12.1 Å². The van der Waals surface area contributed by atoms with Crippen molar-refractivity contribution in [2.45, 2.75) is 52.6 Å². The quantitative estimate of drug-likeness (QED) is 0.902. The normalized spacial score (nSPS) is 17.8. The highest BCUT2D eigenvalue weighted by molar-refractivity contribution is 5.91. The Labute approximate surface area is 133 Å². The van der Waals surface area contributed by atoms with Gasteiger partial charge < -0.3 is 15.0 Å². The van der Waals surface area contributed by atoms with Crippen LogP contribution in [0.5, 0.6) is 0 Å². The van der Waals surface area contributed by atoms with Gasteiger partial charge in [0.2, 0.25) is 0 Å². The molecule has 0 radical (unpaired) electrons. The van der Waals surface area contributed by atoms with Crippen LogP contribution < -0.4 is 5.32 Å². The lowest BCUT2D eigenvalue weighted by atomic mass is 9.98. The molecular weight excluding hydrogens is 276 g/mol. The highest BCUT2D eigenvalue weighted by Crippen LogP contribution is 2.26. The summed E-state index contributed by atoms with van der Waals surface area (Å²) in [5.41, 5.74) is 4.81. The number of rotatable bonds is 5. The molecule has 0 unspecified atom stereocenters. The van der Waals surface area contributed by atoms with Gasteiger partial charge in [-0.25, -0.2) is 4.79 Å². The number of likely N-dealkylation sites (tertiary alicyclic amines) is 1. The Bertz CT molecular complexity index is 503. The van der Waals surface area contributed by atoms with Crippen LogP contribution >= 0.6 is 0 Å². The second-order valence-electron chi connectivity index (χ2n) is 5.87. The number of urea groups is 1. The van der Waals surface area contributed by atoms with Crippen LogP contribution in [0.3, 0.4) is 0 Å². The fraction of sp³-hybridized carbons (Fsp3) is 0.611. The van der Waals surface area contributed by atoms with Crippen molar-refractivity contribution in [3.05, 3.63) is 28.8 Å². The van der Waals surface area contributed by atoms with Crippen molar-refractivity contribution in [1.29, 1.82) is 0 Å². The molecule has 0 spiro atoms. The Morgan fingerprint density at radius 1 is 1.23 bits per heavy atom. The van der Waals surface area contributed by atoms with Crippen molar-refractivity contribution in [2.75, 3.05) is 25.5 Å². The molecule has 1 atom stereocenters. The molecule has 0 aromatic heterocycles. The first-order chi connectivity index (χ1) is 10.6. The zero-order valence-corrected chi connectivity index (χ0v) is 14.2. The summed E-state index contributed by atoms with van der Waals surface area (Å²) < 4.78 is 5.34. The summed E-state index contributed by atoms with van der Waals surface area (Å²) in [7, 11) is 1.71. The first kappa shape index (κ1) is 16.8. The van der Waals surface area contributed by atoms with Gasteiger partial charge in [-0.15, -0.1) is 0 Å². The van der Waals surface area contributed by atoms with Crippen molar-refractivity contribution >= 4 is 11.7 Å². The number of methoxy groups -OCH3 is 1. The Kier molecular flexibility index (Phi) is 5.83. The number of hydrogen-bond donors (Lipinski definition) is 1. The molecule has 2 amide bonds. The van der Waals surface area contributed by atoms with Crippen molar-refractivity contribution in [3.63, 3.8) is 0 Å². The third-order valence-corrected chi connectivity index (χ3v) is 4.53.